The van der Waals surface area contributed by atoms with Gasteiger partial charge in [-0.05, 0) is 25.0 Å². The Kier molecular flexibility index (Phi) is 2.88. The molecule has 0 aliphatic rings. The summed E-state index contributed by atoms with van der Waals surface area (Å²) in [4.78, 5) is 15.6. The summed E-state index contributed by atoms with van der Waals surface area (Å²) in [5.74, 6) is 0.0220. The molecule has 2 aromatic rings. The summed E-state index contributed by atoms with van der Waals surface area (Å²) in [6.45, 7) is 5.68. The van der Waals surface area contributed by atoms with Gasteiger partial charge in [0.15, 0.2) is 5.78 Å². The van der Waals surface area contributed by atoms with Gasteiger partial charge in [0.25, 0.3) is 0 Å². The maximum atomic E-state index is 11.2. The first-order valence-corrected chi connectivity index (χ1v) is 6.00. The van der Waals surface area contributed by atoms with Crippen LogP contribution in [-0.2, 0) is 0 Å². The predicted octanol–water partition coefficient (Wildman–Crippen LogP) is 3.63. The van der Waals surface area contributed by atoms with Crippen molar-refractivity contribution >= 4 is 17.1 Å². The standard InChI is InChI=1S/C13H13NOS/c1-8-5-4-6-9(2)12(8)13-14-11(7-16-13)10(3)15/h4-7H,1-3H3. The van der Waals surface area contributed by atoms with Crippen molar-refractivity contribution in [2.24, 2.45) is 0 Å². The van der Waals surface area contributed by atoms with E-state index in [1.165, 1.54) is 22.5 Å². The molecule has 0 radical (unpaired) electrons. The lowest BCUT2D eigenvalue weighted by Crippen LogP contribution is -1.92. The number of Topliss-reactive ketones (excluding diaryl/α,β-unsaturated/α-hetero) is 1. The van der Waals surface area contributed by atoms with Crippen LogP contribution in [0.1, 0.15) is 28.5 Å². The fourth-order valence-corrected chi connectivity index (χ4v) is 2.73. The van der Waals surface area contributed by atoms with Crippen molar-refractivity contribution in [3.63, 3.8) is 0 Å². The predicted molar refractivity (Wildman–Crippen MR) is 67.0 cm³/mol. The van der Waals surface area contributed by atoms with E-state index in [9.17, 15) is 4.79 Å². The molecule has 0 spiro atoms. The Labute approximate surface area is 99.0 Å². The number of hydrogen-bond donors (Lipinski definition) is 0. The van der Waals surface area contributed by atoms with Gasteiger partial charge in [-0.2, -0.15) is 0 Å². The minimum Gasteiger partial charge on any atom is -0.293 e. The number of aromatic nitrogens is 1. The average molecular weight is 231 g/mol. The average Bonchev–Trinajstić information content (AvgIpc) is 2.66. The van der Waals surface area contributed by atoms with Gasteiger partial charge in [-0.15, -0.1) is 11.3 Å². The number of rotatable bonds is 2. The van der Waals surface area contributed by atoms with Crippen molar-refractivity contribution in [1.82, 2.24) is 4.98 Å². The lowest BCUT2D eigenvalue weighted by atomic mass is 10.0. The molecule has 0 fully saturated rings. The highest BCUT2D eigenvalue weighted by Gasteiger charge is 2.11. The first kappa shape index (κ1) is 11.0. The number of hydrogen-bond acceptors (Lipinski definition) is 3. The Hall–Kier alpha value is -1.48. The molecule has 0 bridgehead atoms. The number of ketones is 1. The first-order valence-electron chi connectivity index (χ1n) is 5.12. The highest BCUT2D eigenvalue weighted by Crippen LogP contribution is 2.29. The summed E-state index contributed by atoms with van der Waals surface area (Å²) in [5, 5.41) is 2.75. The first-order chi connectivity index (χ1) is 7.59. The number of thiazole rings is 1. The molecule has 2 nitrogen and oxygen atoms in total. The molecule has 2 rings (SSSR count). The second-order valence-corrected chi connectivity index (χ2v) is 4.72. The van der Waals surface area contributed by atoms with Crippen LogP contribution in [0.2, 0.25) is 0 Å². The van der Waals surface area contributed by atoms with Gasteiger partial charge < -0.3 is 0 Å². The van der Waals surface area contributed by atoms with Gasteiger partial charge in [-0.3, -0.25) is 4.79 Å². The molecule has 1 heterocycles. The molecule has 0 unspecified atom stereocenters. The summed E-state index contributed by atoms with van der Waals surface area (Å²) in [5.41, 5.74) is 4.11. The van der Waals surface area contributed by atoms with Gasteiger partial charge in [-0.25, -0.2) is 4.98 Å². The van der Waals surface area contributed by atoms with Crippen LogP contribution in [0, 0.1) is 13.8 Å². The normalized spacial score (nSPS) is 10.4. The van der Waals surface area contributed by atoms with Crippen LogP contribution >= 0.6 is 11.3 Å². The third kappa shape index (κ3) is 1.91. The number of benzene rings is 1. The van der Waals surface area contributed by atoms with E-state index in [1.54, 1.807) is 6.92 Å². The van der Waals surface area contributed by atoms with E-state index in [4.69, 9.17) is 0 Å². The van der Waals surface area contributed by atoms with Gasteiger partial charge in [0.2, 0.25) is 0 Å². The lowest BCUT2D eigenvalue weighted by Gasteiger charge is -2.05. The SMILES string of the molecule is CC(=O)c1csc(-c2c(C)cccc2C)n1. The molecular weight excluding hydrogens is 218 g/mol. The molecule has 1 aromatic carbocycles. The molecule has 0 saturated heterocycles. The largest absolute Gasteiger partial charge is 0.293 e. The van der Waals surface area contributed by atoms with Gasteiger partial charge in [0.05, 0.1) is 0 Å². The van der Waals surface area contributed by atoms with Gasteiger partial charge >= 0.3 is 0 Å². The Morgan fingerprint density at radius 2 is 1.88 bits per heavy atom. The summed E-state index contributed by atoms with van der Waals surface area (Å²) >= 11 is 1.53. The van der Waals surface area contributed by atoms with Crippen molar-refractivity contribution < 1.29 is 4.79 Å². The van der Waals surface area contributed by atoms with E-state index in [1.807, 2.05) is 11.4 Å². The summed E-state index contributed by atoms with van der Waals surface area (Å²) < 4.78 is 0. The molecule has 3 heteroatoms. The molecular formula is C13H13NOS. The fraction of sp³-hybridized carbons (Fsp3) is 0.231. The maximum absolute atomic E-state index is 11.2. The van der Waals surface area contributed by atoms with Crippen LogP contribution in [-0.4, -0.2) is 10.8 Å². The van der Waals surface area contributed by atoms with E-state index >= 15 is 0 Å². The second-order valence-electron chi connectivity index (χ2n) is 3.86. The minimum absolute atomic E-state index is 0.0220. The zero-order chi connectivity index (χ0) is 11.7. The van der Waals surface area contributed by atoms with E-state index in [2.05, 4.69) is 31.0 Å². The molecule has 0 atom stereocenters. The van der Waals surface area contributed by atoms with Crippen LogP contribution in [0.15, 0.2) is 23.6 Å². The van der Waals surface area contributed by atoms with Crippen LogP contribution in [0.5, 0.6) is 0 Å². The highest BCUT2D eigenvalue weighted by molar-refractivity contribution is 7.13. The van der Waals surface area contributed by atoms with Gasteiger partial charge in [0.1, 0.15) is 10.7 Å². The molecule has 82 valence electrons. The van der Waals surface area contributed by atoms with Crippen molar-refractivity contribution in [3.05, 3.63) is 40.4 Å². The minimum atomic E-state index is 0.0220. The zero-order valence-corrected chi connectivity index (χ0v) is 10.4. The number of aryl methyl sites for hydroxylation is 2. The molecule has 0 N–H and O–H groups in total. The number of carbonyl (C=O) groups is 1. The van der Waals surface area contributed by atoms with E-state index in [0.717, 1.165) is 10.6 Å². The van der Waals surface area contributed by atoms with Crippen LogP contribution in [0.4, 0.5) is 0 Å². The maximum Gasteiger partial charge on any atom is 0.178 e. The Morgan fingerprint density at radius 3 is 2.38 bits per heavy atom. The van der Waals surface area contributed by atoms with Crippen LogP contribution in [0.3, 0.4) is 0 Å². The zero-order valence-electron chi connectivity index (χ0n) is 9.57. The fourth-order valence-electron chi connectivity index (χ4n) is 1.70. The molecule has 0 saturated carbocycles. The monoisotopic (exact) mass is 231 g/mol. The van der Waals surface area contributed by atoms with Crippen LogP contribution in [0.25, 0.3) is 10.6 Å². The van der Waals surface area contributed by atoms with E-state index in [0.29, 0.717) is 5.69 Å². The summed E-state index contributed by atoms with van der Waals surface area (Å²) in [7, 11) is 0. The quantitative estimate of drug-likeness (QED) is 0.739. The Morgan fingerprint density at radius 1 is 1.25 bits per heavy atom. The lowest BCUT2D eigenvalue weighted by molar-refractivity contribution is 0.101. The van der Waals surface area contributed by atoms with Gasteiger partial charge in [-0.1, -0.05) is 18.2 Å². The summed E-state index contributed by atoms with van der Waals surface area (Å²) in [6, 6.07) is 6.17. The van der Waals surface area contributed by atoms with Crippen molar-refractivity contribution in [2.75, 3.05) is 0 Å². The molecule has 0 aliphatic heterocycles. The van der Waals surface area contributed by atoms with E-state index in [-0.39, 0.29) is 5.78 Å². The summed E-state index contributed by atoms with van der Waals surface area (Å²) in [6.07, 6.45) is 0. The molecule has 16 heavy (non-hydrogen) atoms. The molecule has 0 aliphatic carbocycles. The van der Waals surface area contributed by atoms with E-state index < -0.39 is 0 Å². The molecule has 0 amide bonds. The second kappa shape index (κ2) is 4.18. The highest BCUT2D eigenvalue weighted by atomic mass is 32.1. The van der Waals surface area contributed by atoms with Gasteiger partial charge in [0, 0.05) is 17.9 Å². The number of carbonyl (C=O) groups excluding carboxylic acids is 1. The third-order valence-corrected chi connectivity index (χ3v) is 3.42. The van der Waals surface area contributed by atoms with Crippen LogP contribution < -0.4 is 0 Å². The van der Waals surface area contributed by atoms with Crippen molar-refractivity contribution in [2.45, 2.75) is 20.8 Å². The van der Waals surface area contributed by atoms with Crippen molar-refractivity contribution in [1.29, 1.82) is 0 Å². The number of nitrogens with zero attached hydrogens (tertiary/aromatic N) is 1. The molecule has 1 aromatic heterocycles. The third-order valence-electron chi connectivity index (χ3n) is 2.56. The smallest absolute Gasteiger partial charge is 0.178 e. The Balaban J connectivity index is 2.54. The van der Waals surface area contributed by atoms with Crippen molar-refractivity contribution in [3.8, 4) is 10.6 Å². The Bertz CT molecular complexity index is 522. The topological polar surface area (TPSA) is 30.0 Å².